The topological polar surface area (TPSA) is 90.4 Å². The first-order valence-corrected chi connectivity index (χ1v) is 6.95. The maximum atomic E-state index is 12.2. The molecule has 1 heterocycles. The molecule has 23 heavy (non-hydrogen) atoms. The average Bonchev–Trinajstić information content (AvgIpc) is 2.55. The molecule has 118 valence electrons. The lowest BCUT2D eigenvalue weighted by molar-refractivity contribution is -0.683. The normalized spacial score (nSPS) is 10.1. The Labute approximate surface area is 132 Å². The van der Waals surface area contributed by atoms with E-state index < -0.39 is 10.9 Å². The Hall–Kier alpha value is -3.09. The van der Waals surface area contributed by atoms with Crippen LogP contribution in [-0.4, -0.2) is 23.3 Å². The maximum absolute atomic E-state index is 12.2. The van der Waals surface area contributed by atoms with Crippen LogP contribution >= 0.6 is 0 Å². The minimum Gasteiger partial charge on any atom is -0.462 e. The third kappa shape index (κ3) is 4.19. The third-order valence-electron chi connectivity index (χ3n) is 3.11. The number of rotatable bonds is 6. The molecule has 0 saturated heterocycles. The first kappa shape index (κ1) is 16.3. The number of nitro groups is 1. The highest BCUT2D eigenvalue weighted by Crippen LogP contribution is 2.13. The first-order chi connectivity index (χ1) is 11.0. The van der Waals surface area contributed by atoms with Crippen LogP contribution < -0.4 is 4.57 Å². The predicted molar refractivity (Wildman–Crippen MR) is 80.0 cm³/mol. The fraction of sp³-hybridized carbons (Fsp3) is 0.188. The summed E-state index contributed by atoms with van der Waals surface area (Å²) in [7, 11) is 0. The number of pyridine rings is 1. The van der Waals surface area contributed by atoms with Gasteiger partial charge in [0.05, 0.1) is 17.1 Å². The summed E-state index contributed by atoms with van der Waals surface area (Å²) in [5.74, 6) is -0.688. The molecule has 2 aromatic rings. The number of Topliss-reactive ketones (excluding diaryl/α,β-unsaturated/α-hetero) is 1. The van der Waals surface area contributed by atoms with E-state index in [9.17, 15) is 19.7 Å². The van der Waals surface area contributed by atoms with Crippen LogP contribution in [0.15, 0.2) is 48.8 Å². The van der Waals surface area contributed by atoms with Crippen LogP contribution in [0, 0.1) is 10.1 Å². The summed E-state index contributed by atoms with van der Waals surface area (Å²) >= 11 is 0. The fourth-order valence-corrected chi connectivity index (χ4v) is 1.96. The molecule has 7 heteroatoms. The number of nitrogens with zero attached hydrogens (tertiary/aromatic N) is 2. The van der Waals surface area contributed by atoms with E-state index in [2.05, 4.69) is 0 Å². The number of hydrogen-bond donors (Lipinski definition) is 0. The predicted octanol–water partition coefficient (Wildman–Crippen LogP) is 1.94. The van der Waals surface area contributed by atoms with Gasteiger partial charge in [0.2, 0.25) is 12.3 Å². The summed E-state index contributed by atoms with van der Waals surface area (Å²) in [5.41, 5.74) is 0.533. The van der Waals surface area contributed by atoms with E-state index in [1.165, 1.54) is 24.3 Å². The van der Waals surface area contributed by atoms with Crippen LogP contribution in [-0.2, 0) is 11.3 Å². The SMILES string of the molecule is CCOC(=O)c1cc[n+](CC(=O)c2cccc([N+](=O)[O-])c2)cc1. The monoisotopic (exact) mass is 315 g/mol. The van der Waals surface area contributed by atoms with Gasteiger partial charge in [0.15, 0.2) is 12.4 Å². The Balaban J connectivity index is 2.10. The van der Waals surface area contributed by atoms with E-state index in [-0.39, 0.29) is 23.6 Å². The fourth-order valence-electron chi connectivity index (χ4n) is 1.96. The molecule has 1 aromatic carbocycles. The lowest BCUT2D eigenvalue weighted by Gasteiger charge is -2.01. The Morgan fingerprint density at radius 3 is 2.48 bits per heavy atom. The summed E-state index contributed by atoms with van der Waals surface area (Å²) < 4.78 is 6.46. The number of nitro benzene ring substituents is 1. The molecule has 1 aromatic heterocycles. The standard InChI is InChI=1S/C16H15N2O5/c1-2-23-16(20)12-6-8-17(9-7-12)11-15(19)13-4-3-5-14(10-13)18(21)22/h3-10H,2,11H2,1H3/q+1. The Bertz CT molecular complexity index is 740. The highest BCUT2D eigenvalue weighted by molar-refractivity contribution is 5.95. The van der Waals surface area contributed by atoms with Gasteiger partial charge in [-0.05, 0) is 6.92 Å². The van der Waals surface area contributed by atoms with Crippen molar-refractivity contribution in [2.75, 3.05) is 6.61 Å². The summed E-state index contributed by atoms with van der Waals surface area (Å²) in [4.78, 5) is 33.9. The van der Waals surface area contributed by atoms with Crippen molar-refractivity contribution >= 4 is 17.4 Å². The van der Waals surface area contributed by atoms with Crippen LogP contribution in [0.5, 0.6) is 0 Å². The van der Waals surface area contributed by atoms with Gasteiger partial charge in [-0.2, -0.15) is 4.57 Å². The van der Waals surface area contributed by atoms with Crippen molar-refractivity contribution in [3.63, 3.8) is 0 Å². The molecular weight excluding hydrogens is 300 g/mol. The van der Waals surface area contributed by atoms with Gasteiger partial charge in [-0.25, -0.2) is 4.79 Å². The summed E-state index contributed by atoms with van der Waals surface area (Å²) in [6.45, 7) is 2.03. The van der Waals surface area contributed by atoms with Gasteiger partial charge < -0.3 is 4.74 Å². The molecule has 0 saturated carbocycles. The molecular formula is C16H15N2O5+. The van der Waals surface area contributed by atoms with E-state index in [1.807, 2.05) is 0 Å². The molecule has 0 radical (unpaired) electrons. The summed E-state index contributed by atoms with van der Waals surface area (Å²) in [6.07, 6.45) is 3.17. The smallest absolute Gasteiger partial charge is 0.338 e. The van der Waals surface area contributed by atoms with Gasteiger partial charge in [-0.1, -0.05) is 12.1 Å². The van der Waals surface area contributed by atoms with E-state index in [0.29, 0.717) is 12.2 Å². The number of carbonyl (C=O) groups is 2. The van der Waals surface area contributed by atoms with Crippen molar-refractivity contribution in [2.45, 2.75) is 13.5 Å². The van der Waals surface area contributed by atoms with Gasteiger partial charge >= 0.3 is 5.97 Å². The molecule has 0 aliphatic heterocycles. The Kier molecular flexibility index (Phi) is 5.14. The van der Waals surface area contributed by atoms with Crippen molar-refractivity contribution in [1.82, 2.24) is 0 Å². The largest absolute Gasteiger partial charge is 0.462 e. The van der Waals surface area contributed by atoms with Gasteiger partial charge in [0, 0.05) is 29.8 Å². The Morgan fingerprint density at radius 2 is 1.87 bits per heavy atom. The molecule has 0 spiro atoms. The number of esters is 1. The summed E-state index contributed by atoms with van der Waals surface area (Å²) in [5, 5.41) is 10.7. The summed E-state index contributed by atoms with van der Waals surface area (Å²) in [6, 6.07) is 8.69. The molecule has 0 fully saturated rings. The van der Waals surface area contributed by atoms with E-state index >= 15 is 0 Å². The molecule has 0 bridgehead atoms. The van der Waals surface area contributed by atoms with Crippen molar-refractivity contribution in [3.05, 3.63) is 70.0 Å². The number of benzene rings is 1. The van der Waals surface area contributed by atoms with Crippen LogP contribution in [0.2, 0.25) is 0 Å². The highest BCUT2D eigenvalue weighted by atomic mass is 16.6. The minimum absolute atomic E-state index is 0.0181. The van der Waals surface area contributed by atoms with Crippen LogP contribution in [0.3, 0.4) is 0 Å². The second-order valence-electron chi connectivity index (χ2n) is 4.71. The van der Waals surface area contributed by atoms with Gasteiger partial charge in [0.25, 0.3) is 5.69 Å². The zero-order valence-corrected chi connectivity index (χ0v) is 12.5. The number of non-ortho nitro benzene ring substituents is 1. The van der Waals surface area contributed by atoms with Crippen molar-refractivity contribution in [2.24, 2.45) is 0 Å². The average molecular weight is 315 g/mol. The Morgan fingerprint density at radius 1 is 1.17 bits per heavy atom. The minimum atomic E-state index is -0.544. The zero-order valence-electron chi connectivity index (χ0n) is 12.5. The maximum Gasteiger partial charge on any atom is 0.338 e. The molecule has 0 aliphatic carbocycles. The molecule has 7 nitrogen and oxygen atoms in total. The van der Waals surface area contributed by atoms with Crippen molar-refractivity contribution in [3.8, 4) is 0 Å². The zero-order chi connectivity index (χ0) is 16.8. The van der Waals surface area contributed by atoms with Gasteiger partial charge in [-0.15, -0.1) is 0 Å². The van der Waals surface area contributed by atoms with Gasteiger partial charge in [-0.3, -0.25) is 14.9 Å². The number of hydrogen-bond acceptors (Lipinski definition) is 5. The highest BCUT2D eigenvalue weighted by Gasteiger charge is 2.16. The molecule has 0 aliphatic rings. The van der Waals surface area contributed by atoms with E-state index in [1.54, 1.807) is 36.0 Å². The molecule has 0 amide bonds. The van der Waals surface area contributed by atoms with Crippen LogP contribution in [0.1, 0.15) is 27.6 Å². The second kappa shape index (κ2) is 7.26. The number of aromatic nitrogens is 1. The third-order valence-corrected chi connectivity index (χ3v) is 3.11. The van der Waals surface area contributed by atoms with E-state index in [4.69, 9.17) is 4.74 Å². The van der Waals surface area contributed by atoms with Crippen LogP contribution in [0.4, 0.5) is 5.69 Å². The lowest BCUT2D eigenvalue weighted by atomic mass is 10.1. The number of carbonyl (C=O) groups excluding carboxylic acids is 2. The molecule has 0 atom stereocenters. The number of ether oxygens (including phenoxy) is 1. The number of ketones is 1. The van der Waals surface area contributed by atoms with Crippen molar-refractivity contribution in [1.29, 1.82) is 0 Å². The molecule has 2 rings (SSSR count). The molecule has 0 N–H and O–H groups in total. The van der Waals surface area contributed by atoms with E-state index in [0.717, 1.165) is 0 Å². The van der Waals surface area contributed by atoms with Gasteiger partial charge in [0.1, 0.15) is 0 Å². The second-order valence-corrected chi connectivity index (χ2v) is 4.71. The quantitative estimate of drug-likeness (QED) is 0.267. The van der Waals surface area contributed by atoms with Crippen LogP contribution in [0.25, 0.3) is 0 Å². The first-order valence-electron chi connectivity index (χ1n) is 6.95. The lowest BCUT2D eigenvalue weighted by Crippen LogP contribution is -2.37. The van der Waals surface area contributed by atoms with Crippen molar-refractivity contribution < 1.29 is 23.8 Å². The molecule has 0 unspecified atom stereocenters.